The van der Waals surface area contributed by atoms with Gasteiger partial charge in [0.15, 0.2) is 5.79 Å². The zero-order valence-corrected chi connectivity index (χ0v) is 14.6. The number of rotatable bonds is 4. The highest BCUT2D eigenvalue weighted by molar-refractivity contribution is 5.64. The summed E-state index contributed by atoms with van der Waals surface area (Å²) in [5, 5.41) is 0. The SMILES string of the molecule is COc1cccc(-c2cncc(CN3CCC4(CC3)OCCO4)c2)c1. The Morgan fingerprint density at radius 2 is 1.88 bits per heavy atom. The Morgan fingerprint density at radius 3 is 2.64 bits per heavy atom. The Kier molecular flexibility index (Phi) is 4.70. The van der Waals surface area contributed by atoms with Crippen molar-refractivity contribution in [2.24, 2.45) is 0 Å². The predicted octanol–water partition coefficient (Wildman–Crippen LogP) is 3.10. The van der Waals surface area contributed by atoms with Gasteiger partial charge in [-0.2, -0.15) is 0 Å². The van der Waals surface area contributed by atoms with Crippen LogP contribution in [0.3, 0.4) is 0 Å². The fraction of sp³-hybridized carbons (Fsp3) is 0.450. The van der Waals surface area contributed by atoms with Gasteiger partial charge in [-0.25, -0.2) is 0 Å². The van der Waals surface area contributed by atoms with Crippen LogP contribution < -0.4 is 4.74 Å². The molecule has 2 aromatic rings. The summed E-state index contributed by atoms with van der Waals surface area (Å²) in [6, 6.07) is 10.3. The van der Waals surface area contributed by atoms with E-state index in [2.05, 4.69) is 22.0 Å². The van der Waals surface area contributed by atoms with Crippen molar-refractivity contribution < 1.29 is 14.2 Å². The summed E-state index contributed by atoms with van der Waals surface area (Å²) in [6.45, 7) is 4.34. The molecule has 0 saturated carbocycles. The number of likely N-dealkylation sites (tertiary alicyclic amines) is 1. The maximum atomic E-state index is 5.81. The molecule has 2 saturated heterocycles. The topological polar surface area (TPSA) is 43.8 Å². The molecule has 1 aromatic heterocycles. The summed E-state index contributed by atoms with van der Waals surface area (Å²) in [5.41, 5.74) is 3.47. The standard InChI is InChI=1S/C20H24N2O3/c1-23-19-4-2-3-17(12-19)18-11-16(13-21-14-18)15-22-7-5-20(6-8-22)24-9-10-25-20/h2-4,11-14H,5-10,15H2,1H3. The van der Waals surface area contributed by atoms with E-state index < -0.39 is 0 Å². The number of ether oxygens (including phenoxy) is 3. The second kappa shape index (κ2) is 7.12. The van der Waals surface area contributed by atoms with Gasteiger partial charge in [0.25, 0.3) is 0 Å². The van der Waals surface area contributed by atoms with Crippen LogP contribution in [0.25, 0.3) is 11.1 Å². The summed E-state index contributed by atoms with van der Waals surface area (Å²) in [6.07, 6.45) is 5.74. The molecule has 2 aliphatic rings. The number of hydrogen-bond donors (Lipinski definition) is 0. The second-order valence-corrected chi connectivity index (χ2v) is 6.70. The van der Waals surface area contributed by atoms with Crippen LogP contribution in [0.15, 0.2) is 42.7 Å². The van der Waals surface area contributed by atoms with Crippen molar-refractivity contribution in [2.45, 2.75) is 25.2 Å². The van der Waals surface area contributed by atoms with Crippen LogP contribution in [0.1, 0.15) is 18.4 Å². The molecule has 0 amide bonds. The smallest absolute Gasteiger partial charge is 0.170 e. The molecule has 0 unspecified atom stereocenters. The summed E-state index contributed by atoms with van der Waals surface area (Å²) in [7, 11) is 1.69. The molecule has 5 heteroatoms. The van der Waals surface area contributed by atoms with Gasteiger partial charge in [0.2, 0.25) is 0 Å². The lowest BCUT2D eigenvalue weighted by Crippen LogP contribution is -2.44. The lowest BCUT2D eigenvalue weighted by molar-refractivity contribution is -0.185. The van der Waals surface area contributed by atoms with Gasteiger partial charge >= 0.3 is 0 Å². The van der Waals surface area contributed by atoms with Crippen LogP contribution in [0.5, 0.6) is 5.75 Å². The lowest BCUT2D eigenvalue weighted by atomic mass is 10.0. The minimum atomic E-state index is -0.308. The molecule has 0 bridgehead atoms. The van der Waals surface area contributed by atoms with Crippen LogP contribution in [0, 0.1) is 0 Å². The van der Waals surface area contributed by atoms with E-state index in [4.69, 9.17) is 14.2 Å². The van der Waals surface area contributed by atoms with E-state index in [1.165, 1.54) is 5.56 Å². The predicted molar refractivity (Wildman–Crippen MR) is 95.4 cm³/mol. The summed E-state index contributed by atoms with van der Waals surface area (Å²) in [4.78, 5) is 6.88. The third kappa shape index (κ3) is 3.68. The van der Waals surface area contributed by atoms with E-state index in [0.29, 0.717) is 0 Å². The zero-order chi connectivity index (χ0) is 17.1. The average Bonchev–Trinajstić information content (AvgIpc) is 3.12. The molecule has 1 aromatic carbocycles. The quantitative estimate of drug-likeness (QED) is 0.856. The van der Waals surface area contributed by atoms with Crippen molar-refractivity contribution in [2.75, 3.05) is 33.4 Å². The van der Waals surface area contributed by atoms with Gasteiger partial charge in [0.1, 0.15) is 5.75 Å². The van der Waals surface area contributed by atoms with Crippen molar-refractivity contribution >= 4 is 0 Å². The van der Waals surface area contributed by atoms with E-state index in [9.17, 15) is 0 Å². The first-order chi connectivity index (χ1) is 12.3. The molecule has 0 aliphatic carbocycles. The number of benzene rings is 1. The molecule has 2 fully saturated rings. The fourth-order valence-electron chi connectivity index (χ4n) is 3.63. The number of piperidine rings is 1. The first-order valence-corrected chi connectivity index (χ1v) is 8.85. The average molecular weight is 340 g/mol. The highest BCUT2D eigenvalue weighted by Crippen LogP contribution is 2.32. The van der Waals surface area contributed by atoms with Gasteiger partial charge in [-0.3, -0.25) is 9.88 Å². The van der Waals surface area contributed by atoms with Crippen LogP contribution in [0.4, 0.5) is 0 Å². The van der Waals surface area contributed by atoms with E-state index in [-0.39, 0.29) is 5.79 Å². The van der Waals surface area contributed by atoms with Gasteiger partial charge in [-0.05, 0) is 29.3 Å². The molecule has 1 spiro atoms. The van der Waals surface area contributed by atoms with Crippen LogP contribution in [-0.2, 0) is 16.0 Å². The monoisotopic (exact) mass is 340 g/mol. The summed E-state index contributed by atoms with van der Waals surface area (Å²) < 4.78 is 16.9. The normalized spacial score (nSPS) is 20.0. The van der Waals surface area contributed by atoms with E-state index >= 15 is 0 Å². The van der Waals surface area contributed by atoms with Crippen LogP contribution >= 0.6 is 0 Å². The third-order valence-electron chi connectivity index (χ3n) is 5.04. The van der Waals surface area contributed by atoms with Gasteiger partial charge in [-0.1, -0.05) is 12.1 Å². The zero-order valence-electron chi connectivity index (χ0n) is 14.6. The number of pyridine rings is 1. The van der Waals surface area contributed by atoms with Crippen LogP contribution in [0.2, 0.25) is 0 Å². The molecule has 0 atom stereocenters. The Bertz CT molecular complexity index is 718. The molecular formula is C20H24N2O3. The molecule has 5 nitrogen and oxygen atoms in total. The van der Waals surface area contributed by atoms with Crippen molar-refractivity contribution in [3.05, 3.63) is 48.3 Å². The number of aromatic nitrogens is 1. The fourth-order valence-corrected chi connectivity index (χ4v) is 3.63. The molecule has 132 valence electrons. The maximum Gasteiger partial charge on any atom is 0.170 e. The molecule has 3 heterocycles. The van der Waals surface area contributed by atoms with Crippen molar-refractivity contribution in [1.82, 2.24) is 9.88 Å². The summed E-state index contributed by atoms with van der Waals surface area (Å²) >= 11 is 0. The molecule has 4 rings (SSSR count). The van der Waals surface area contributed by atoms with Crippen molar-refractivity contribution in [1.29, 1.82) is 0 Å². The van der Waals surface area contributed by atoms with Gasteiger partial charge in [0.05, 0.1) is 20.3 Å². The Morgan fingerprint density at radius 1 is 1.08 bits per heavy atom. The first kappa shape index (κ1) is 16.5. The second-order valence-electron chi connectivity index (χ2n) is 6.70. The van der Waals surface area contributed by atoms with E-state index in [0.717, 1.165) is 62.6 Å². The molecular weight excluding hydrogens is 316 g/mol. The molecule has 2 aliphatic heterocycles. The van der Waals surface area contributed by atoms with Crippen molar-refractivity contribution in [3.63, 3.8) is 0 Å². The molecule has 25 heavy (non-hydrogen) atoms. The highest BCUT2D eigenvalue weighted by atomic mass is 16.7. The third-order valence-corrected chi connectivity index (χ3v) is 5.04. The van der Waals surface area contributed by atoms with E-state index in [1.807, 2.05) is 30.6 Å². The Balaban J connectivity index is 1.43. The molecule has 0 N–H and O–H groups in total. The number of methoxy groups -OCH3 is 1. The Hall–Kier alpha value is -1.95. The highest BCUT2D eigenvalue weighted by Gasteiger charge is 2.39. The van der Waals surface area contributed by atoms with Crippen molar-refractivity contribution in [3.8, 4) is 16.9 Å². The Labute approximate surface area is 148 Å². The number of hydrogen-bond acceptors (Lipinski definition) is 5. The maximum absolute atomic E-state index is 5.81. The van der Waals surface area contributed by atoms with Gasteiger partial charge in [0, 0.05) is 50.4 Å². The van der Waals surface area contributed by atoms with Gasteiger partial charge < -0.3 is 14.2 Å². The molecule has 0 radical (unpaired) electrons. The largest absolute Gasteiger partial charge is 0.497 e. The minimum Gasteiger partial charge on any atom is -0.497 e. The van der Waals surface area contributed by atoms with Gasteiger partial charge in [-0.15, -0.1) is 0 Å². The van der Waals surface area contributed by atoms with E-state index in [1.54, 1.807) is 7.11 Å². The van der Waals surface area contributed by atoms with Crippen LogP contribution in [-0.4, -0.2) is 49.1 Å². The first-order valence-electron chi connectivity index (χ1n) is 8.85. The number of nitrogens with zero attached hydrogens (tertiary/aromatic N) is 2. The lowest BCUT2D eigenvalue weighted by Gasteiger charge is -2.37. The summed E-state index contributed by atoms with van der Waals surface area (Å²) in [5.74, 6) is 0.554. The minimum absolute atomic E-state index is 0.308.